The number of nitrogens with zero attached hydrogens (tertiary/aromatic N) is 1. The highest BCUT2D eigenvalue weighted by Crippen LogP contribution is 2.18. The molecule has 0 aliphatic rings. The number of carbonyl (C=O) groups is 2. The number of carbonyl (C=O) groups excluding carboxylic acids is 2. The van der Waals surface area contributed by atoms with Crippen molar-refractivity contribution in [1.29, 1.82) is 0 Å². The molecule has 1 unspecified atom stereocenters. The second-order valence-corrected chi connectivity index (χ2v) is 5.92. The third-order valence-electron chi connectivity index (χ3n) is 2.93. The second kappa shape index (κ2) is 7.41. The van der Waals surface area contributed by atoms with Crippen LogP contribution in [0.3, 0.4) is 0 Å². The van der Waals surface area contributed by atoms with Crippen LogP contribution >= 0.6 is 11.6 Å². The van der Waals surface area contributed by atoms with Gasteiger partial charge in [-0.25, -0.2) is 4.39 Å². The fourth-order valence-corrected chi connectivity index (χ4v) is 2.17. The summed E-state index contributed by atoms with van der Waals surface area (Å²) in [4.78, 5) is 25.7. The van der Waals surface area contributed by atoms with Gasteiger partial charge >= 0.3 is 0 Å². The molecule has 1 aromatic carbocycles. The van der Waals surface area contributed by atoms with Gasteiger partial charge in [0.05, 0.1) is 10.6 Å². The van der Waals surface area contributed by atoms with E-state index in [0.717, 1.165) is 12.1 Å². The maximum absolute atomic E-state index is 13.0. The third kappa shape index (κ3) is 5.01. The van der Waals surface area contributed by atoms with Gasteiger partial charge in [0.1, 0.15) is 11.9 Å². The zero-order valence-corrected chi connectivity index (χ0v) is 13.4. The molecule has 1 aromatic rings. The maximum atomic E-state index is 13.0. The van der Waals surface area contributed by atoms with E-state index in [1.807, 2.05) is 13.8 Å². The molecule has 0 radical (unpaired) electrons. The number of likely N-dealkylation sites (N-methyl/N-ethyl adjacent to an activating group) is 1. The molecule has 0 spiro atoms. The van der Waals surface area contributed by atoms with Crippen molar-refractivity contribution < 1.29 is 14.0 Å². The minimum atomic E-state index is -0.631. The fraction of sp³-hybridized carbons (Fsp3) is 0.467. The smallest absolute Gasteiger partial charge is 0.253 e. The Morgan fingerprint density at radius 2 is 1.95 bits per heavy atom. The lowest BCUT2D eigenvalue weighted by Gasteiger charge is -2.23. The summed E-state index contributed by atoms with van der Waals surface area (Å²) in [6.07, 6.45) is 0.515. The number of amides is 2. The van der Waals surface area contributed by atoms with Crippen molar-refractivity contribution in [3.8, 4) is 0 Å². The Morgan fingerprint density at radius 3 is 2.43 bits per heavy atom. The van der Waals surface area contributed by atoms with Crippen LogP contribution < -0.4 is 5.32 Å². The summed E-state index contributed by atoms with van der Waals surface area (Å²) in [7, 11) is 3.26. The average molecular weight is 315 g/mol. The van der Waals surface area contributed by atoms with Gasteiger partial charge in [-0.3, -0.25) is 9.59 Å². The number of halogens is 2. The largest absolute Gasteiger partial charge is 0.347 e. The van der Waals surface area contributed by atoms with E-state index in [1.165, 1.54) is 11.0 Å². The summed E-state index contributed by atoms with van der Waals surface area (Å²) in [5.41, 5.74) is 0.151. The topological polar surface area (TPSA) is 49.4 Å². The van der Waals surface area contributed by atoms with Crippen molar-refractivity contribution in [2.24, 2.45) is 5.92 Å². The van der Waals surface area contributed by atoms with Crippen molar-refractivity contribution >= 4 is 23.4 Å². The lowest BCUT2D eigenvalue weighted by Crippen LogP contribution is -2.47. The number of hydrogen-bond acceptors (Lipinski definition) is 2. The maximum Gasteiger partial charge on any atom is 0.253 e. The molecule has 0 aliphatic carbocycles. The Hall–Kier alpha value is -1.62. The second-order valence-electron chi connectivity index (χ2n) is 5.51. The van der Waals surface area contributed by atoms with Crippen molar-refractivity contribution in [3.05, 3.63) is 34.6 Å². The van der Waals surface area contributed by atoms with Gasteiger partial charge in [-0.15, -0.1) is 0 Å². The summed E-state index contributed by atoms with van der Waals surface area (Å²) in [6.45, 7) is 3.93. The van der Waals surface area contributed by atoms with E-state index >= 15 is 0 Å². The summed E-state index contributed by atoms with van der Waals surface area (Å²) >= 11 is 5.86. The first-order valence-electron chi connectivity index (χ1n) is 6.69. The summed E-state index contributed by atoms with van der Waals surface area (Å²) in [5, 5.41) is 2.69. The van der Waals surface area contributed by atoms with Crippen LogP contribution in [0.1, 0.15) is 30.6 Å². The van der Waals surface area contributed by atoms with E-state index < -0.39 is 17.8 Å². The van der Waals surface area contributed by atoms with Gasteiger partial charge in [0.2, 0.25) is 5.91 Å². The van der Waals surface area contributed by atoms with Gasteiger partial charge in [0.15, 0.2) is 0 Å². The van der Waals surface area contributed by atoms with Gasteiger partial charge in [-0.1, -0.05) is 25.4 Å². The molecule has 116 valence electrons. The Labute approximate surface area is 129 Å². The van der Waals surface area contributed by atoms with E-state index in [-0.39, 0.29) is 22.4 Å². The molecule has 0 saturated carbocycles. The number of rotatable bonds is 5. The van der Waals surface area contributed by atoms with Crippen LogP contribution in [0.5, 0.6) is 0 Å². The summed E-state index contributed by atoms with van der Waals surface area (Å²) < 4.78 is 13.0. The molecule has 2 amide bonds. The molecule has 0 saturated heterocycles. The standard InChI is InChI=1S/C15H20ClFN2O2/c1-9(2)7-13(15(21)19(3)4)18-14(20)11-6-5-10(17)8-12(11)16/h5-6,8-9,13H,7H2,1-4H3,(H,18,20). The highest BCUT2D eigenvalue weighted by Gasteiger charge is 2.24. The number of benzene rings is 1. The van der Waals surface area contributed by atoms with Crippen LogP contribution in [0.2, 0.25) is 5.02 Å². The van der Waals surface area contributed by atoms with Gasteiger partial charge in [-0.2, -0.15) is 0 Å². The van der Waals surface area contributed by atoms with Crippen molar-refractivity contribution in [2.75, 3.05) is 14.1 Å². The zero-order chi connectivity index (χ0) is 16.2. The molecule has 0 fully saturated rings. The third-order valence-corrected chi connectivity index (χ3v) is 3.24. The normalized spacial score (nSPS) is 12.1. The van der Waals surface area contributed by atoms with Crippen LogP contribution in [0.25, 0.3) is 0 Å². The lowest BCUT2D eigenvalue weighted by molar-refractivity contribution is -0.131. The Kier molecular flexibility index (Phi) is 6.15. The minimum absolute atomic E-state index is 0.0214. The summed E-state index contributed by atoms with van der Waals surface area (Å²) in [6, 6.07) is 2.90. The zero-order valence-electron chi connectivity index (χ0n) is 12.6. The molecular formula is C15H20ClFN2O2. The highest BCUT2D eigenvalue weighted by atomic mass is 35.5. The van der Waals surface area contributed by atoms with E-state index in [4.69, 9.17) is 11.6 Å². The quantitative estimate of drug-likeness (QED) is 0.908. The van der Waals surface area contributed by atoms with Crippen molar-refractivity contribution in [2.45, 2.75) is 26.3 Å². The highest BCUT2D eigenvalue weighted by molar-refractivity contribution is 6.33. The first-order chi connectivity index (χ1) is 9.72. The van der Waals surface area contributed by atoms with E-state index in [9.17, 15) is 14.0 Å². The lowest BCUT2D eigenvalue weighted by atomic mass is 10.0. The minimum Gasteiger partial charge on any atom is -0.347 e. The van der Waals surface area contributed by atoms with E-state index in [2.05, 4.69) is 5.32 Å². The monoisotopic (exact) mass is 314 g/mol. The fourth-order valence-electron chi connectivity index (χ4n) is 1.91. The van der Waals surface area contributed by atoms with E-state index in [1.54, 1.807) is 14.1 Å². The van der Waals surface area contributed by atoms with Crippen LogP contribution in [-0.2, 0) is 4.79 Å². The van der Waals surface area contributed by atoms with Gasteiger partial charge in [0.25, 0.3) is 5.91 Å². The molecule has 1 rings (SSSR count). The van der Waals surface area contributed by atoms with Crippen LogP contribution in [0.15, 0.2) is 18.2 Å². The molecule has 0 bridgehead atoms. The average Bonchev–Trinajstić information content (AvgIpc) is 2.36. The van der Waals surface area contributed by atoms with Gasteiger partial charge < -0.3 is 10.2 Å². The Bertz CT molecular complexity index is 532. The van der Waals surface area contributed by atoms with Gasteiger partial charge in [-0.05, 0) is 30.5 Å². The molecule has 0 aromatic heterocycles. The SMILES string of the molecule is CC(C)CC(NC(=O)c1ccc(F)cc1Cl)C(=O)N(C)C. The molecule has 4 nitrogen and oxygen atoms in total. The first kappa shape index (κ1) is 17.4. The summed E-state index contributed by atoms with van der Waals surface area (Å²) in [5.74, 6) is -0.946. The molecule has 1 atom stereocenters. The molecule has 6 heteroatoms. The predicted octanol–water partition coefficient (Wildman–Crippen LogP) is 2.71. The molecule has 1 N–H and O–H groups in total. The number of nitrogens with one attached hydrogen (secondary N) is 1. The molecule has 0 heterocycles. The predicted molar refractivity (Wildman–Crippen MR) is 80.8 cm³/mol. The van der Waals surface area contributed by atoms with Crippen LogP contribution in [-0.4, -0.2) is 36.9 Å². The van der Waals surface area contributed by atoms with Crippen LogP contribution in [0.4, 0.5) is 4.39 Å². The Morgan fingerprint density at radius 1 is 1.33 bits per heavy atom. The molecule has 0 aliphatic heterocycles. The van der Waals surface area contributed by atoms with E-state index in [0.29, 0.717) is 6.42 Å². The van der Waals surface area contributed by atoms with Gasteiger partial charge in [0, 0.05) is 14.1 Å². The Balaban J connectivity index is 2.92. The molecular weight excluding hydrogens is 295 g/mol. The number of hydrogen-bond donors (Lipinski definition) is 1. The van der Waals surface area contributed by atoms with Crippen LogP contribution in [0, 0.1) is 11.7 Å². The van der Waals surface area contributed by atoms with Crippen molar-refractivity contribution in [3.63, 3.8) is 0 Å². The van der Waals surface area contributed by atoms with Crippen molar-refractivity contribution in [1.82, 2.24) is 10.2 Å². The molecule has 21 heavy (non-hydrogen) atoms. The first-order valence-corrected chi connectivity index (χ1v) is 7.07.